The predicted molar refractivity (Wildman–Crippen MR) is 158 cm³/mol. The zero-order chi connectivity index (χ0) is 27.9. The molecule has 6 rings (SSSR count). The molecule has 4 heterocycles. The molecule has 3 aromatic heterocycles. The van der Waals surface area contributed by atoms with Crippen LogP contribution in [0, 0.1) is 0 Å². The molecule has 0 unspecified atom stereocenters. The normalized spacial score (nSPS) is 18.4. The van der Waals surface area contributed by atoms with E-state index >= 15 is 0 Å². The second-order valence-corrected chi connectivity index (χ2v) is 11.2. The maximum atomic E-state index is 13.7. The lowest BCUT2D eigenvalue weighted by atomic mass is 10.0. The van der Waals surface area contributed by atoms with Crippen molar-refractivity contribution in [3.05, 3.63) is 76.9 Å². The molecule has 4 aromatic rings. The number of nitrogens with zero attached hydrogens (tertiary/aromatic N) is 7. The number of aromatic nitrogens is 5. The number of aliphatic hydroxyl groups is 1. The molecule has 0 spiro atoms. The fourth-order valence-corrected chi connectivity index (χ4v) is 5.41. The molecule has 2 aliphatic rings. The first-order valence-electron chi connectivity index (χ1n) is 14.0. The number of pyridine rings is 1. The molecule has 1 atom stereocenters. The van der Waals surface area contributed by atoms with Gasteiger partial charge in [-0.05, 0) is 76.6 Å². The minimum atomic E-state index is -1.13. The summed E-state index contributed by atoms with van der Waals surface area (Å²) < 4.78 is 3.50. The van der Waals surface area contributed by atoms with E-state index in [0.29, 0.717) is 28.5 Å². The molecule has 0 amide bonds. The highest BCUT2D eigenvalue weighted by Gasteiger charge is 2.25. The molecule has 1 aliphatic heterocycles. The lowest BCUT2D eigenvalue weighted by molar-refractivity contribution is 0.0738. The lowest BCUT2D eigenvalue weighted by Crippen LogP contribution is -2.44. The van der Waals surface area contributed by atoms with Crippen molar-refractivity contribution in [1.29, 1.82) is 0 Å². The molecular weight excluding hydrogens is 504 g/mol. The first-order chi connectivity index (χ1) is 19.3. The fraction of sp³-hybridized carbons (Fsp3) is 0.400. The molecule has 0 radical (unpaired) electrons. The Hall–Kier alpha value is -4.02. The molecule has 10 nitrogen and oxygen atoms in total. The van der Waals surface area contributed by atoms with Crippen molar-refractivity contribution < 1.29 is 5.11 Å². The van der Waals surface area contributed by atoms with Gasteiger partial charge in [-0.2, -0.15) is 4.98 Å². The van der Waals surface area contributed by atoms with Gasteiger partial charge < -0.3 is 20.2 Å². The van der Waals surface area contributed by atoms with Crippen molar-refractivity contribution in [3.63, 3.8) is 0 Å². The van der Waals surface area contributed by atoms with E-state index in [0.717, 1.165) is 51.1 Å². The second-order valence-electron chi connectivity index (χ2n) is 11.2. The minimum absolute atomic E-state index is 0.124. The van der Waals surface area contributed by atoms with Crippen molar-refractivity contribution in [3.8, 4) is 5.82 Å². The smallest absolute Gasteiger partial charge is 0.278 e. The molecule has 1 aromatic carbocycles. The third-order valence-corrected chi connectivity index (χ3v) is 7.74. The van der Waals surface area contributed by atoms with Crippen LogP contribution in [0.2, 0.25) is 0 Å². The summed E-state index contributed by atoms with van der Waals surface area (Å²) in [6.45, 7) is 7.53. The summed E-state index contributed by atoms with van der Waals surface area (Å²) in [6, 6.07) is 13.6. The summed E-state index contributed by atoms with van der Waals surface area (Å²) in [6.07, 6.45) is 8.62. The van der Waals surface area contributed by atoms with Gasteiger partial charge in [0.05, 0.1) is 11.7 Å². The van der Waals surface area contributed by atoms with E-state index in [4.69, 9.17) is 9.97 Å². The lowest BCUT2D eigenvalue weighted by Gasteiger charge is -2.34. The van der Waals surface area contributed by atoms with Gasteiger partial charge in [0.1, 0.15) is 11.0 Å². The van der Waals surface area contributed by atoms with Crippen LogP contribution in [-0.2, 0) is 5.60 Å². The Balaban J connectivity index is 1.39. The quantitative estimate of drug-likeness (QED) is 0.354. The standard InChI is InChI=1S/C30H36N8O2/c1-30(2,40)25-10-7-11-26(33-25)38-27-24(28(39)37(38)23-8-5-4-6-9-23)20-31-29(34-27)32-21-12-14-22(15-13-21)36-18-16-35(3)17-19-36/h5,7-8,10-15,20,23,40H,4,6,9,16-19H2,1-3H3,(H,31,32,34)/t23-/m1/s1. The number of allylic oxidation sites excluding steroid dienone is 2. The van der Waals surface area contributed by atoms with Crippen LogP contribution < -0.4 is 15.8 Å². The predicted octanol–water partition coefficient (Wildman–Crippen LogP) is 3.98. The largest absolute Gasteiger partial charge is 0.384 e. The molecule has 0 bridgehead atoms. The van der Waals surface area contributed by atoms with Gasteiger partial charge in [0, 0.05) is 43.8 Å². The highest BCUT2D eigenvalue weighted by Crippen LogP contribution is 2.27. The van der Waals surface area contributed by atoms with E-state index in [9.17, 15) is 9.90 Å². The van der Waals surface area contributed by atoms with Crippen LogP contribution in [0.25, 0.3) is 16.9 Å². The second kappa shape index (κ2) is 10.5. The van der Waals surface area contributed by atoms with Crippen molar-refractivity contribution >= 4 is 28.4 Å². The van der Waals surface area contributed by atoms with Gasteiger partial charge >= 0.3 is 0 Å². The number of rotatable bonds is 6. The van der Waals surface area contributed by atoms with Crippen molar-refractivity contribution in [1.82, 2.24) is 29.2 Å². The van der Waals surface area contributed by atoms with Crippen LogP contribution in [0.5, 0.6) is 0 Å². The summed E-state index contributed by atoms with van der Waals surface area (Å²) in [5, 5.41) is 14.4. The van der Waals surface area contributed by atoms with Crippen LogP contribution in [0.3, 0.4) is 0 Å². The van der Waals surface area contributed by atoms with Crippen molar-refractivity contribution in [2.45, 2.75) is 44.8 Å². The van der Waals surface area contributed by atoms with E-state index in [-0.39, 0.29) is 11.6 Å². The third kappa shape index (κ3) is 5.12. The molecule has 0 saturated carbocycles. The Morgan fingerprint density at radius 1 is 1.02 bits per heavy atom. The summed E-state index contributed by atoms with van der Waals surface area (Å²) >= 11 is 0. The Kier molecular flexibility index (Phi) is 6.89. The Bertz CT molecular complexity index is 1590. The number of likely N-dealkylation sites (N-methyl/N-ethyl adjacent to an activating group) is 1. The van der Waals surface area contributed by atoms with Crippen molar-refractivity contribution in [2.24, 2.45) is 0 Å². The SMILES string of the molecule is CN1CCN(c2ccc(Nc3ncc4c(=O)n([C@@H]5C=CCCC5)n(-c5cccc(C(C)(C)O)n5)c4n3)cc2)CC1. The number of hydrogen-bond donors (Lipinski definition) is 2. The van der Waals surface area contributed by atoms with Gasteiger partial charge in [-0.1, -0.05) is 18.2 Å². The van der Waals surface area contributed by atoms with Crippen LogP contribution >= 0.6 is 0 Å². The number of anilines is 3. The highest BCUT2D eigenvalue weighted by molar-refractivity contribution is 5.77. The highest BCUT2D eigenvalue weighted by atomic mass is 16.3. The van der Waals surface area contributed by atoms with Crippen LogP contribution in [-0.4, -0.2) is 67.5 Å². The molecule has 1 saturated heterocycles. The summed E-state index contributed by atoms with van der Waals surface area (Å²) in [5.74, 6) is 0.912. The van der Waals surface area contributed by atoms with Crippen molar-refractivity contribution in [2.75, 3.05) is 43.4 Å². The molecule has 10 heteroatoms. The summed E-state index contributed by atoms with van der Waals surface area (Å²) in [5.41, 5.74) is 1.74. The van der Waals surface area contributed by atoms with E-state index in [1.165, 1.54) is 5.69 Å². The average molecular weight is 541 g/mol. The van der Waals surface area contributed by atoms with Gasteiger partial charge in [-0.3, -0.25) is 4.79 Å². The topological polar surface area (TPSA) is 104 Å². The summed E-state index contributed by atoms with van der Waals surface area (Å²) in [7, 11) is 2.15. The molecular formula is C30H36N8O2. The third-order valence-electron chi connectivity index (χ3n) is 7.74. The monoisotopic (exact) mass is 540 g/mol. The Labute approximate surface area is 233 Å². The summed E-state index contributed by atoms with van der Waals surface area (Å²) in [4.78, 5) is 32.5. The minimum Gasteiger partial charge on any atom is -0.384 e. The number of piperazine rings is 1. The van der Waals surface area contributed by atoms with Gasteiger partial charge in [0.15, 0.2) is 11.5 Å². The van der Waals surface area contributed by atoms with Gasteiger partial charge in [0.25, 0.3) is 5.56 Å². The molecule has 208 valence electrons. The Morgan fingerprint density at radius 3 is 2.50 bits per heavy atom. The molecule has 1 aliphatic carbocycles. The van der Waals surface area contributed by atoms with E-state index in [2.05, 4.69) is 51.4 Å². The first-order valence-corrected chi connectivity index (χ1v) is 14.0. The zero-order valence-electron chi connectivity index (χ0n) is 23.3. The molecule has 2 N–H and O–H groups in total. The molecule has 1 fully saturated rings. The average Bonchev–Trinajstić information content (AvgIpc) is 3.25. The van der Waals surface area contributed by atoms with Crippen LogP contribution in [0.4, 0.5) is 17.3 Å². The Morgan fingerprint density at radius 2 is 1.80 bits per heavy atom. The molecule has 40 heavy (non-hydrogen) atoms. The number of nitrogens with one attached hydrogen (secondary N) is 1. The van der Waals surface area contributed by atoms with Crippen LogP contribution in [0.1, 0.15) is 44.8 Å². The zero-order valence-corrected chi connectivity index (χ0v) is 23.3. The number of hydrogen-bond acceptors (Lipinski definition) is 8. The number of fused-ring (bicyclic) bond motifs is 1. The van der Waals surface area contributed by atoms with E-state index in [1.807, 2.05) is 24.3 Å². The van der Waals surface area contributed by atoms with Gasteiger partial charge in [0.2, 0.25) is 5.95 Å². The van der Waals surface area contributed by atoms with Crippen LogP contribution in [0.15, 0.2) is 65.6 Å². The fourth-order valence-electron chi connectivity index (χ4n) is 5.41. The van der Waals surface area contributed by atoms with Gasteiger partial charge in [-0.25, -0.2) is 19.3 Å². The maximum Gasteiger partial charge on any atom is 0.278 e. The number of benzene rings is 1. The van der Waals surface area contributed by atoms with E-state index in [1.54, 1.807) is 35.5 Å². The van der Waals surface area contributed by atoms with E-state index < -0.39 is 5.60 Å². The van der Waals surface area contributed by atoms with Gasteiger partial charge in [-0.15, -0.1) is 0 Å². The first kappa shape index (κ1) is 26.2. The maximum absolute atomic E-state index is 13.7.